The normalized spacial score (nSPS) is 18.3. The van der Waals surface area contributed by atoms with E-state index in [2.05, 4.69) is 28.6 Å². The minimum absolute atomic E-state index is 0.686. The minimum atomic E-state index is 0.686. The zero-order valence-electron chi connectivity index (χ0n) is 12.1. The third kappa shape index (κ3) is 4.44. The summed E-state index contributed by atoms with van der Waals surface area (Å²) >= 11 is 1.62. The number of hydrogen-bond donors (Lipinski definition) is 1. The van der Waals surface area contributed by atoms with Gasteiger partial charge in [0, 0.05) is 24.2 Å². The van der Waals surface area contributed by atoms with Crippen LogP contribution in [0.5, 0.6) is 0 Å². The fourth-order valence-corrected chi connectivity index (χ4v) is 3.52. The number of hydrogen-bond acceptors (Lipinski definition) is 5. The van der Waals surface area contributed by atoms with Gasteiger partial charge in [-0.1, -0.05) is 13.8 Å². The van der Waals surface area contributed by atoms with Gasteiger partial charge in [0.1, 0.15) is 0 Å². The summed E-state index contributed by atoms with van der Waals surface area (Å²) in [5.74, 6) is 0.877. The number of anilines is 1. The van der Waals surface area contributed by atoms with Crippen molar-refractivity contribution in [3.8, 4) is 0 Å². The minimum Gasteiger partial charge on any atom is -0.375 e. The molecule has 4 nitrogen and oxygen atoms in total. The van der Waals surface area contributed by atoms with Crippen molar-refractivity contribution in [2.75, 3.05) is 38.5 Å². The lowest BCUT2D eigenvalue weighted by atomic mass is 9.96. The molecule has 5 heteroatoms. The van der Waals surface area contributed by atoms with E-state index in [0.717, 1.165) is 12.5 Å². The molecule has 1 saturated heterocycles. The number of rotatable bonds is 6. The molecule has 0 bridgehead atoms. The van der Waals surface area contributed by atoms with Gasteiger partial charge >= 0.3 is 0 Å². The van der Waals surface area contributed by atoms with E-state index in [1.54, 1.807) is 11.3 Å². The summed E-state index contributed by atoms with van der Waals surface area (Å²) in [6.45, 7) is 11.6. The van der Waals surface area contributed by atoms with Crippen LogP contribution >= 0.6 is 11.3 Å². The van der Waals surface area contributed by atoms with Crippen LogP contribution < -0.4 is 5.73 Å². The van der Waals surface area contributed by atoms with Gasteiger partial charge in [-0.3, -0.25) is 4.90 Å². The molecule has 0 saturated carbocycles. The third-order valence-electron chi connectivity index (χ3n) is 4.07. The van der Waals surface area contributed by atoms with Gasteiger partial charge in [0.15, 0.2) is 5.13 Å². The lowest BCUT2D eigenvalue weighted by molar-refractivity contribution is 0.144. The molecule has 19 heavy (non-hydrogen) atoms. The fraction of sp³-hybridized carbons (Fsp3) is 0.786. The van der Waals surface area contributed by atoms with Crippen LogP contribution in [0.1, 0.15) is 31.6 Å². The Balaban J connectivity index is 1.73. The molecular formula is C14H26N4S. The monoisotopic (exact) mass is 282 g/mol. The smallest absolute Gasteiger partial charge is 0.180 e. The van der Waals surface area contributed by atoms with Crippen molar-refractivity contribution in [3.63, 3.8) is 0 Å². The largest absolute Gasteiger partial charge is 0.375 e. The highest BCUT2D eigenvalue weighted by Gasteiger charge is 2.21. The molecule has 0 amide bonds. The molecule has 1 aromatic rings. The van der Waals surface area contributed by atoms with Gasteiger partial charge < -0.3 is 10.6 Å². The van der Waals surface area contributed by atoms with E-state index in [1.807, 2.05) is 6.20 Å². The fourth-order valence-electron chi connectivity index (χ4n) is 2.79. The standard InChI is InChI=1S/C14H26N4S/c1-3-17(4-2)10-12-5-7-18(8-6-12)11-13-9-16-14(15)19-13/h9,12H,3-8,10-11H2,1-2H3,(H2,15,16). The van der Waals surface area contributed by atoms with Crippen LogP contribution in [0.2, 0.25) is 0 Å². The summed E-state index contributed by atoms with van der Waals surface area (Å²) in [6.07, 6.45) is 4.57. The van der Waals surface area contributed by atoms with Gasteiger partial charge in [0.05, 0.1) is 0 Å². The Morgan fingerprint density at radius 1 is 1.37 bits per heavy atom. The molecule has 1 aromatic heterocycles. The van der Waals surface area contributed by atoms with Crippen LogP contribution in [0, 0.1) is 5.92 Å². The lowest BCUT2D eigenvalue weighted by Crippen LogP contribution is -2.38. The quantitative estimate of drug-likeness (QED) is 0.869. The Bertz CT molecular complexity index is 367. The summed E-state index contributed by atoms with van der Waals surface area (Å²) in [5.41, 5.74) is 5.67. The van der Waals surface area contributed by atoms with Gasteiger partial charge in [0.25, 0.3) is 0 Å². The molecule has 2 heterocycles. The van der Waals surface area contributed by atoms with E-state index in [-0.39, 0.29) is 0 Å². The highest BCUT2D eigenvalue weighted by molar-refractivity contribution is 7.15. The number of nitrogens with zero attached hydrogens (tertiary/aromatic N) is 3. The molecule has 0 radical (unpaired) electrons. The number of nitrogens with two attached hydrogens (primary N) is 1. The maximum absolute atomic E-state index is 5.67. The number of aromatic nitrogens is 1. The molecule has 0 spiro atoms. The number of piperidine rings is 1. The Labute approximate surface area is 120 Å². The predicted molar refractivity (Wildman–Crippen MR) is 82.3 cm³/mol. The van der Waals surface area contributed by atoms with Crippen LogP contribution in [0.25, 0.3) is 0 Å². The third-order valence-corrected chi connectivity index (χ3v) is 4.88. The van der Waals surface area contributed by atoms with Crippen LogP contribution in [0.3, 0.4) is 0 Å². The topological polar surface area (TPSA) is 45.4 Å². The number of nitrogen functional groups attached to an aromatic ring is 1. The van der Waals surface area contributed by atoms with Crippen molar-refractivity contribution < 1.29 is 0 Å². The highest BCUT2D eigenvalue weighted by Crippen LogP contribution is 2.22. The summed E-state index contributed by atoms with van der Waals surface area (Å²) in [4.78, 5) is 10.5. The maximum Gasteiger partial charge on any atom is 0.180 e. The van der Waals surface area contributed by atoms with Gasteiger partial charge in [0.2, 0.25) is 0 Å². The number of thiazole rings is 1. The van der Waals surface area contributed by atoms with E-state index < -0.39 is 0 Å². The van der Waals surface area contributed by atoms with E-state index in [4.69, 9.17) is 5.73 Å². The van der Waals surface area contributed by atoms with Gasteiger partial charge in [-0.05, 0) is 44.9 Å². The first-order chi connectivity index (χ1) is 9.21. The van der Waals surface area contributed by atoms with Crippen molar-refractivity contribution >= 4 is 16.5 Å². The number of likely N-dealkylation sites (tertiary alicyclic amines) is 1. The Kier molecular flexibility index (Phi) is 5.60. The Hall–Kier alpha value is -0.650. The predicted octanol–water partition coefficient (Wildman–Crippen LogP) is 2.28. The lowest BCUT2D eigenvalue weighted by Gasteiger charge is -2.34. The highest BCUT2D eigenvalue weighted by atomic mass is 32.1. The Morgan fingerprint density at radius 2 is 2.05 bits per heavy atom. The summed E-state index contributed by atoms with van der Waals surface area (Å²) in [7, 11) is 0. The average Bonchev–Trinajstić information content (AvgIpc) is 2.83. The van der Waals surface area contributed by atoms with Crippen molar-refractivity contribution in [3.05, 3.63) is 11.1 Å². The van der Waals surface area contributed by atoms with Crippen LogP contribution in [0.4, 0.5) is 5.13 Å². The van der Waals surface area contributed by atoms with E-state index in [1.165, 1.54) is 50.4 Å². The molecule has 0 atom stereocenters. The van der Waals surface area contributed by atoms with Crippen LogP contribution in [0.15, 0.2) is 6.20 Å². The molecule has 1 fully saturated rings. The van der Waals surface area contributed by atoms with Crippen molar-refractivity contribution in [2.24, 2.45) is 5.92 Å². The van der Waals surface area contributed by atoms with Crippen LogP contribution in [-0.2, 0) is 6.54 Å². The molecule has 0 unspecified atom stereocenters. The molecule has 108 valence electrons. The van der Waals surface area contributed by atoms with Gasteiger partial charge in [-0.25, -0.2) is 4.98 Å². The Morgan fingerprint density at radius 3 is 2.58 bits per heavy atom. The molecular weight excluding hydrogens is 256 g/mol. The summed E-state index contributed by atoms with van der Waals surface area (Å²) in [5, 5.41) is 0.686. The second-order valence-corrected chi connectivity index (χ2v) is 6.52. The first-order valence-corrected chi connectivity index (χ1v) is 8.17. The van der Waals surface area contributed by atoms with Crippen molar-refractivity contribution in [2.45, 2.75) is 33.2 Å². The van der Waals surface area contributed by atoms with E-state index in [0.29, 0.717) is 5.13 Å². The summed E-state index contributed by atoms with van der Waals surface area (Å²) < 4.78 is 0. The SMILES string of the molecule is CCN(CC)CC1CCN(Cc2cnc(N)s2)CC1. The van der Waals surface area contributed by atoms with Gasteiger partial charge in [-0.15, -0.1) is 11.3 Å². The first-order valence-electron chi connectivity index (χ1n) is 7.36. The second kappa shape index (κ2) is 7.22. The van der Waals surface area contributed by atoms with E-state index in [9.17, 15) is 0 Å². The van der Waals surface area contributed by atoms with E-state index >= 15 is 0 Å². The summed E-state index contributed by atoms with van der Waals surface area (Å²) in [6, 6.07) is 0. The van der Waals surface area contributed by atoms with Crippen molar-refractivity contribution in [1.82, 2.24) is 14.8 Å². The molecule has 1 aliphatic rings. The molecule has 0 aliphatic carbocycles. The molecule has 2 rings (SSSR count). The molecule has 2 N–H and O–H groups in total. The molecule has 0 aromatic carbocycles. The zero-order valence-corrected chi connectivity index (χ0v) is 13.0. The second-order valence-electron chi connectivity index (χ2n) is 5.37. The zero-order chi connectivity index (χ0) is 13.7. The maximum atomic E-state index is 5.67. The van der Waals surface area contributed by atoms with Crippen molar-refractivity contribution in [1.29, 1.82) is 0 Å². The first kappa shape index (κ1) is 14.8. The van der Waals surface area contributed by atoms with Crippen LogP contribution in [-0.4, -0.2) is 47.5 Å². The van der Waals surface area contributed by atoms with Gasteiger partial charge in [-0.2, -0.15) is 0 Å². The average molecular weight is 282 g/mol. The molecule has 1 aliphatic heterocycles.